The van der Waals surface area contributed by atoms with E-state index in [2.05, 4.69) is 27.7 Å². The largest absolute Gasteiger partial charge is 0.418 e. The molecule has 4 heterocycles. The van der Waals surface area contributed by atoms with Crippen molar-refractivity contribution in [3.63, 3.8) is 0 Å². The maximum atomic E-state index is 14.2. The van der Waals surface area contributed by atoms with Crippen LogP contribution < -0.4 is 5.69 Å². The van der Waals surface area contributed by atoms with Crippen LogP contribution in [0.25, 0.3) is 11.2 Å². The third-order valence-electron chi connectivity index (χ3n) is 8.63. The molecule has 6 rings (SSSR count). The van der Waals surface area contributed by atoms with Crippen LogP contribution in [-0.2, 0) is 19.8 Å². The fraction of sp³-hybridized carbons (Fsp3) is 0.483. The number of thiol groups is 1. The van der Waals surface area contributed by atoms with Gasteiger partial charge in [-0.3, -0.25) is 13.9 Å². The lowest BCUT2D eigenvalue weighted by Gasteiger charge is -2.39. The van der Waals surface area contributed by atoms with Gasteiger partial charge in [0.2, 0.25) is 0 Å². The fourth-order valence-electron chi connectivity index (χ4n) is 6.36. The van der Waals surface area contributed by atoms with Gasteiger partial charge in [0.1, 0.15) is 12.2 Å². The van der Waals surface area contributed by atoms with Crippen molar-refractivity contribution in [3.05, 3.63) is 82.1 Å². The minimum Gasteiger partial charge on any atom is -0.396 e. The maximum Gasteiger partial charge on any atom is 0.418 e. The number of benzene rings is 1. The first-order chi connectivity index (χ1) is 19.6. The smallest absolute Gasteiger partial charge is 0.396 e. The molecule has 2 aliphatic rings. The Morgan fingerprint density at radius 2 is 1.90 bits per heavy atom. The number of halogens is 3. The second kappa shape index (κ2) is 11.0. The van der Waals surface area contributed by atoms with Crippen molar-refractivity contribution >= 4 is 18.1 Å². The summed E-state index contributed by atoms with van der Waals surface area (Å²) in [5, 5.41) is 18.3. The van der Waals surface area contributed by atoms with Gasteiger partial charge in [-0.25, -0.2) is 4.79 Å². The van der Waals surface area contributed by atoms with E-state index in [4.69, 9.17) is 0 Å². The highest BCUT2D eigenvalue weighted by Gasteiger charge is 2.39. The molecular weight excluding hydrogens is 553 g/mol. The summed E-state index contributed by atoms with van der Waals surface area (Å²) in [6, 6.07) is 8.50. The molecule has 218 valence electrons. The summed E-state index contributed by atoms with van der Waals surface area (Å²) < 4.78 is 47.0. The number of hydrogen-bond acceptors (Lipinski definition) is 6. The number of imidazole rings is 1. The van der Waals surface area contributed by atoms with Crippen molar-refractivity contribution in [1.29, 1.82) is 0 Å². The van der Waals surface area contributed by atoms with Gasteiger partial charge in [0.05, 0.1) is 16.8 Å². The van der Waals surface area contributed by atoms with Crippen LogP contribution >= 0.6 is 12.6 Å². The number of piperidine rings is 1. The molecule has 41 heavy (non-hydrogen) atoms. The van der Waals surface area contributed by atoms with Crippen molar-refractivity contribution in [2.45, 2.75) is 49.6 Å². The number of rotatable bonds is 7. The maximum absolute atomic E-state index is 14.2. The zero-order chi connectivity index (χ0) is 28.9. The molecule has 8 nitrogen and oxygen atoms in total. The van der Waals surface area contributed by atoms with Crippen LogP contribution in [0.1, 0.15) is 54.1 Å². The van der Waals surface area contributed by atoms with E-state index >= 15 is 0 Å². The number of aliphatic hydroxyl groups excluding tert-OH is 1. The number of fused-ring (bicyclic) bond motifs is 1. The van der Waals surface area contributed by atoms with Crippen molar-refractivity contribution in [2.75, 3.05) is 19.7 Å². The summed E-state index contributed by atoms with van der Waals surface area (Å²) in [5.74, 6) is 1.10. The van der Waals surface area contributed by atoms with Gasteiger partial charge >= 0.3 is 11.9 Å². The molecule has 0 bridgehead atoms. The predicted molar refractivity (Wildman–Crippen MR) is 151 cm³/mol. The lowest BCUT2D eigenvalue weighted by molar-refractivity contribution is -0.136. The molecular formula is C29H33F3N6O2S. The molecule has 1 aromatic carbocycles. The standard InChI is InChI=1S/C29H33F3N6O2S/c1-35-17-33-34-27(35)26(21-9-18(10-21)16-39)20-3-2-4-22(12-20)37-15-25-24(29(30,31)32)11-19(14-38(25)28(37)40)13-36-7-5-23(41)6-8-36/h2-4,11-12,14-15,17-18,21,23,26,39,41H,5-10,13,16H2,1H3/t18?,21?,26-/m0/s1. The highest BCUT2D eigenvalue weighted by atomic mass is 32.1. The van der Waals surface area contributed by atoms with Gasteiger partial charge < -0.3 is 9.67 Å². The van der Waals surface area contributed by atoms with E-state index in [-0.39, 0.29) is 29.9 Å². The highest BCUT2D eigenvalue weighted by molar-refractivity contribution is 7.80. The van der Waals surface area contributed by atoms with Crippen LogP contribution in [0.15, 0.2) is 53.8 Å². The Hall–Kier alpha value is -3.09. The van der Waals surface area contributed by atoms with Gasteiger partial charge in [0.15, 0.2) is 0 Å². The third kappa shape index (κ3) is 5.44. The van der Waals surface area contributed by atoms with Crippen LogP contribution in [0.3, 0.4) is 0 Å². The molecule has 0 radical (unpaired) electrons. The first-order valence-electron chi connectivity index (χ1n) is 13.9. The van der Waals surface area contributed by atoms with Crippen molar-refractivity contribution in [3.8, 4) is 5.69 Å². The van der Waals surface area contributed by atoms with E-state index in [1.54, 1.807) is 12.4 Å². The average molecular weight is 587 g/mol. The molecule has 1 saturated heterocycles. The molecule has 1 aliphatic carbocycles. The molecule has 1 N–H and O–H groups in total. The van der Waals surface area contributed by atoms with Crippen molar-refractivity contribution in [2.24, 2.45) is 18.9 Å². The minimum absolute atomic E-state index is 0.128. The van der Waals surface area contributed by atoms with Crippen molar-refractivity contribution < 1.29 is 18.3 Å². The molecule has 2 fully saturated rings. The van der Waals surface area contributed by atoms with E-state index in [0.717, 1.165) is 54.6 Å². The number of likely N-dealkylation sites (tertiary alicyclic amines) is 1. The number of aliphatic hydroxyl groups is 1. The van der Waals surface area contributed by atoms with Gasteiger partial charge in [-0.05, 0) is 79.9 Å². The fourth-order valence-corrected chi connectivity index (χ4v) is 6.59. The summed E-state index contributed by atoms with van der Waals surface area (Å²) >= 11 is 4.51. The van der Waals surface area contributed by atoms with Gasteiger partial charge in [-0.1, -0.05) is 12.1 Å². The Bertz CT molecular complexity index is 1600. The summed E-state index contributed by atoms with van der Waals surface area (Å²) in [6.45, 7) is 1.97. The van der Waals surface area contributed by atoms with E-state index < -0.39 is 17.4 Å². The summed E-state index contributed by atoms with van der Waals surface area (Å²) in [5.41, 5.74) is 0.255. The molecule has 12 heteroatoms. The van der Waals surface area contributed by atoms with Crippen molar-refractivity contribution in [1.82, 2.24) is 28.6 Å². The number of alkyl halides is 3. The van der Waals surface area contributed by atoms with Gasteiger partial charge in [-0.2, -0.15) is 25.8 Å². The van der Waals surface area contributed by atoms with Gasteiger partial charge in [0.25, 0.3) is 0 Å². The molecule has 1 atom stereocenters. The number of aryl methyl sites for hydroxylation is 1. The average Bonchev–Trinajstić information content (AvgIpc) is 3.49. The number of nitrogens with zero attached hydrogens (tertiary/aromatic N) is 6. The predicted octanol–water partition coefficient (Wildman–Crippen LogP) is 4.28. The Morgan fingerprint density at radius 1 is 1.15 bits per heavy atom. The third-order valence-corrected chi connectivity index (χ3v) is 9.14. The van der Waals surface area contributed by atoms with Crippen LogP contribution in [-0.4, -0.2) is 58.7 Å². The summed E-state index contributed by atoms with van der Waals surface area (Å²) in [7, 11) is 1.87. The van der Waals surface area contributed by atoms with E-state index in [0.29, 0.717) is 23.0 Å². The van der Waals surface area contributed by atoms with Gasteiger partial charge in [0, 0.05) is 43.8 Å². The number of hydrogen-bond donors (Lipinski definition) is 2. The first kappa shape index (κ1) is 28.0. The quantitative estimate of drug-likeness (QED) is 0.316. The Kier molecular flexibility index (Phi) is 7.50. The first-order valence-corrected chi connectivity index (χ1v) is 14.4. The molecule has 0 unspecified atom stereocenters. The van der Waals surface area contributed by atoms with Crippen LogP contribution in [0.2, 0.25) is 0 Å². The van der Waals surface area contributed by atoms with E-state index in [1.807, 2.05) is 29.8 Å². The molecule has 4 aromatic rings. The van der Waals surface area contributed by atoms with Gasteiger partial charge in [-0.15, -0.1) is 10.2 Å². The lowest BCUT2D eigenvalue weighted by Crippen LogP contribution is -2.33. The number of aromatic nitrogens is 5. The normalized spacial score (nSPS) is 21.3. The highest BCUT2D eigenvalue weighted by Crippen LogP contribution is 2.46. The van der Waals surface area contributed by atoms with Crippen LogP contribution in [0, 0.1) is 11.8 Å². The second-order valence-electron chi connectivity index (χ2n) is 11.5. The Balaban J connectivity index is 1.40. The Morgan fingerprint density at radius 3 is 2.56 bits per heavy atom. The zero-order valence-electron chi connectivity index (χ0n) is 22.7. The SMILES string of the molecule is Cn1cnnc1[C@@H](c1cccc(-n2cc3c(C(F)(F)F)cc(CN4CCC(S)CC4)cn3c2=O)c1)C1CC(CO)C1. The van der Waals surface area contributed by atoms with E-state index in [1.165, 1.54) is 23.0 Å². The Labute approximate surface area is 240 Å². The van der Waals surface area contributed by atoms with E-state index in [9.17, 15) is 23.1 Å². The molecule has 1 aliphatic heterocycles. The monoisotopic (exact) mass is 586 g/mol. The topological polar surface area (TPSA) is 80.6 Å². The molecule has 0 amide bonds. The summed E-state index contributed by atoms with van der Waals surface area (Å²) in [4.78, 5) is 15.7. The van der Waals surface area contributed by atoms with Crippen LogP contribution in [0.4, 0.5) is 13.2 Å². The molecule has 0 spiro atoms. The lowest BCUT2D eigenvalue weighted by atomic mass is 9.66. The van der Waals surface area contributed by atoms with Crippen LogP contribution in [0.5, 0.6) is 0 Å². The number of pyridine rings is 1. The second-order valence-corrected chi connectivity index (χ2v) is 12.2. The summed E-state index contributed by atoms with van der Waals surface area (Å²) in [6.07, 6.45) is 3.24. The molecule has 1 saturated carbocycles. The minimum atomic E-state index is -4.62. The zero-order valence-corrected chi connectivity index (χ0v) is 23.6. The molecule has 3 aromatic heterocycles.